The van der Waals surface area contributed by atoms with Gasteiger partial charge in [0.1, 0.15) is 0 Å². The fourth-order valence-electron chi connectivity index (χ4n) is 4.52. The van der Waals surface area contributed by atoms with Gasteiger partial charge in [0, 0.05) is 0 Å². The van der Waals surface area contributed by atoms with Crippen molar-refractivity contribution in [1.29, 1.82) is 0 Å². The molecule has 0 radical (unpaired) electrons. The predicted octanol–water partition coefficient (Wildman–Crippen LogP) is 4.82. The van der Waals surface area contributed by atoms with E-state index >= 15 is 0 Å². The molecule has 206 valence electrons. The average Bonchev–Trinajstić information content (AvgIpc) is 2.92. The zero-order valence-electron chi connectivity index (χ0n) is 22.6. The van der Waals surface area contributed by atoms with E-state index in [1.54, 1.807) is 27.7 Å². The molecule has 0 heterocycles. The summed E-state index contributed by atoms with van der Waals surface area (Å²) in [6, 6.07) is 18.8. The molecular formula is C30H38O8. The molecule has 0 aliphatic carbocycles. The molecule has 0 aromatic heterocycles. The summed E-state index contributed by atoms with van der Waals surface area (Å²) < 4.78 is 20.9. The summed E-state index contributed by atoms with van der Waals surface area (Å²) in [5.41, 5.74) is 1.68. The van der Waals surface area contributed by atoms with Crippen molar-refractivity contribution in [2.45, 2.75) is 52.4 Å². The number of carbonyl (C=O) groups is 4. The Hall–Kier alpha value is -3.68. The minimum atomic E-state index is -1.19. The minimum Gasteiger partial charge on any atom is -0.465 e. The number of hydrogen-bond donors (Lipinski definition) is 0. The lowest BCUT2D eigenvalue weighted by atomic mass is 9.72. The smallest absolute Gasteiger partial charge is 0.320 e. The molecule has 8 heteroatoms. The van der Waals surface area contributed by atoms with Crippen LogP contribution in [0.2, 0.25) is 0 Å². The second kappa shape index (κ2) is 16.2. The van der Waals surface area contributed by atoms with Gasteiger partial charge >= 0.3 is 23.9 Å². The van der Waals surface area contributed by atoms with Gasteiger partial charge in [0.15, 0.2) is 11.8 Å². The fraction of sp³-hybridized carbons (Fsp3) is 0.467. The molecule has 2 atom stereocenters. The lowest BCUT2D eigenvalue weighted by Crippen LogP contribution is -2.34. The van der Waals surface area contributed by atoms with E-state index in [-0.39, 0.29) is 39.3 Å². The third kappa shape index (κ3) is 8.71. The van der Waals surface area contributed by atoms with Gasteiger partial charge in [-0.3, -0.25) is 19.2 Å². The van der Waals surface area contributed by atoms with E-state index in [2.05, 4.69) is 0 Å². The molecule has 0 amide bonds. The van der Waals surface area contributed by atoms with E-state index < -0.39 is 47.5 Å². The van der Waals surface area contributed by atoms with Crippen molar-refractivity contribution in [3.8, 4) is 0 Å². The maximum absolute atomic E-state index is 12.9. The highest BCUT2D eigenvalue weighted by atomic mass is 16.6. The highest BCUT2D eigenvalue weighted by Gasteiger charge is 2.40. The summed E-state index contributed by atoms with van der Waals surface area (Å²) in [5, 5.41) is 0. The van der Waals surface area contributed by atoms with Gasteiger partial charge < -0.3 is 18.9 Å². The van der Waals surface area contributed by atoms with Gasteiger partial charge in [0.2, 0.25) is 0 Å². The Labute approximate surface area is 224 Å². The van der Waals surface area contributed by atoms with Crippen LogP contribution in [0.1, 0.15) is 63.5 Å². The van der Waals surface area contributed by atoms with Crippen molar-refractivity contribution < 1.29 is 38.1 Å². The van der Waals surface area contributed by atoms with Crippen LogP contribution in [-0.2, 0) is 38.1 Å². The van der Waals surface area contributed by atoms with Crippen LogP contribution >= 0.6 is 0 Å². The largest absolute Gasteiger partial charge is 0.465 e. The third-order valence-electron chi connectivity index (χ3n) is 6.20. The first-order valence-corrected chi connectivity index (χ1v) is 13.1. The SMILES string of the molecule is CCOC(=O)C(C[C@H](c1ccccc1)[C@H](CC(C(=O)OCC)C(=O)OCC)c1ccccc1)C(=O)OCC. The van der Waals surface area contributed by atoms with Crippen LogP contribution in [0.5, 0.6) is 0 Å². The molecule has 8 nitrogen and oxygen atoms in total. The first kappa shape index (κ1) is 30.5. The fourth-order valence-corrected chi connectivity index (χ4v) is 4.52. The third-order valence-corrected chi connectivity index (χ3v) is 6.20. The first-order chi connectivity index (χ1) is 18.4. The van der Waals surface area contributed by atoms with Crippen LogP contribution in [0, 0.1) is 11.8 Å². The van der Waals surface area contributed by atoms with Crippen LogP contribution < -0.4 is 0 Å². The molecule has 0 spiro atoms. The highest BCUT2D eigenvalue weighted by Crippen LogP contribution is 2.42. The van der Waals surface area contributed by atoms with Crippen LogP contribution in [0.15, 0.2) is 60.7 Å². The molecule has 0 N–H and O–H groups in total. The van der Waals surface area contributed by atoms with Gasteiger partial charge in [-0.15, -0.1) is 0 Å². The minimum absolute atomic E-state index is 0.0552. The van der Waals surface area contributed by atoms with Crippen molar-refractivity contribution in [1.82, 2.24) is 0 Å². The molecule has 2 rings (SSSR count). The van der Waals surface area contributed by atoms with Gasteiger partial charge in [-0.05, 0) is 63.5 Å². The quantitative estimate of drug-likeness (QED) is 0.185. The molecule has 2 aromatic carbocycles. The Morgan fingerprint density at radius 3 is 1.00 bits per heavy atom. The average molecular weight is 527 g/mol. The van der Waals surface area contributed by atoms with Crippen LogP contribution in [-0.4, -0.2) is 50.3 Å². The number of carbonyl (C=O) groups excluding carboxylic acids is 4. The summed E-state index contributed by atoms with van der Waals surface area (Å²) in [7, 11) is 0. The second-order valence-electron chi connectivity index (χ2n) is 8.62. The van der Waals surface area contributed by atoms with Gasteiger partial charge in [0.05, 0.1) is 26.4 Å². The Kier molecular flexibility index (Phi) is 13.0. The summed E-state index contributed by atoms with van der Waals surface area (Å²) in [4.78, 5) is 51.7. The molecule has 0 saturated carbocycles. The standard InChI is InChI=1S/C30H38O8/c1-5-35-27(31)25(28(32)36-6-2)19-23(21-15-11-9-12-16-21)24(22-17-13-10-14-18-22)20-26(29(33)37-7-3)30(34)38-8-4/h9-18,23-26H,5-8,19-20H2,1-4H3/t23-,24-/m1/s1. The van der Waals surface area contributed by atoms with Gasteiger partial charge in [0.25, 0.3) is 0 Å². The van der Waals surface area contributed by atoms with E-state index in [0.29, 0.717) is 0 Å². The first-order valence-electron chi connectivity index (χ1n) is 13.1. The Morgan fingerprint density at radius 2 is 0.763 bits per heavy atom. The molecule has 0 unspecified atom stereocenters. The highest BCUT2D eigenvalue weighted by molar-refractivity contribution is 5.95. The van der Waals surface area contributed by atoms with E-state index in [1.165, 1.54) is 0 Å². The van der Waals surface area contributed by atoms with E-state index in [4.69, 9.17) is 18.9 Å². The lowest BCUT2D eigenvalue weighted by molar-refractivity contribution is -0.164. The summed E-state index contributed by atoms with van der Waals surface area (Å²) in [6.07, 6.45) is 0.110. The normalized spacial score (nSPS) is 12.5. The Morgan fingerprint density at radius 1 is 0.500 bits per heavy atom. The molecular weight excluding hydrogens is 488 g/mol. The zero-order chi connectivity index (χ0) is 27.9. The maximum atomic E-state index is 12.9. The molecule has 0 aliphatic rings. The number of esters is 4. The molecule has 38 heavy (non-hydrogen) atoms. The topological polar surface area (TPSA) is 105 Å². The van der Waals surface area contributed by atoms with Crippen LogP contribution in [0.25, 0.3) is 0 Å². The zero-order valence-corrected chi connectivity index (χ0v) is 22.6. The van der Waals surface area contributed by atoms with E-state index in [0.717, 1.165) is 11.1 Å². The molecule has 0 aliphatic heterocycles. The molecule has 0 bridgehead atoms. The molecule has 0 saturated heterocycles. The predicted molar refractivity (Wildman–Crippen MR) is 141 cm³/mol. The van der Waals surface area contributed by atoms with Crippen LogP contribution in [0.4, 0.5) is 0 Å². The number of hydrogen-bond acceptors (Lipinski definition) is 8. The van der Waals surface area contributed by atoms with Crippen LogP contribution in [0.3, 0.4) is 0 Å². The van der Waals surface area contributed by atoms with Crippen molar-refractivity contribution in [3.05, 3.63) is 71.8 Å². The Bertz CT molecular complexity index is 902. The van der Waals surface area contributed by atoms with E-state index in [1.807, 2.05) is 60.7 Å². The summed E-state index contributed by atoms with van der Waals surface area (Å²) in [6.45, 7) is 7.13. The summed E-state index contributed by atoms with van der Waals surface area (Å²) >= 11 is 0. The van der Waals surface area contributed by atoms with Crippen molar-refractivity contribution >= 4 is 23.9 Å². The lowest BCUT2D eigenvalue weighted by Gasteiger charge is -2.32. The summed E-state index contributed by atoms with van der Waals surface area (Å²) in [5.74, 6) is -5.98. The van der Waals surface area contributed by atoms with Crippen molar-refractivity contribution in [2.24, 2.45) is 11.8 Å². The monoisotopic (exact) mass is 526 g/mol. The van der Waals surface area contributed by atoms with E-state index in [9.17, 15) is 19.2 Å². The molecule has 2 aromatic rings. The van der Waals surface area contributed by atoms with Gasteiger partial charge in [-0.25, -0.2) is 0 Å². The van der Waals surface area contributed by atoms with Gasteiger partial charge in [-0.2, -0.15) is 0 Å². The maximum Gasteiger partial charge on any atom is 0.320 e. The Balaban J connectivity index is 2.64. The molecule has 0 fully saturated rings. The van der Waals surface area contributed by atoms with Crippen molar-refractivity contribution in [2.75, 3.05) is 26.4 Å². The number of ether oxygens (including phenoxy) is 4. The van der Waals surface area contributed by atoms with Gasteiger partial charge in [-0.1, -0.05) is 60.7 Å². The van der Waals surface area contributed by atoms with Crippen molar-refractivity contribution in [3.63, 3.8) is 0 Å². The number of rotatable bonds is 15. The number of benzene rings is 2. The second-order valence-corrected chi connectivity index (χ2v) is 8.62.